The summed E-state index contributed by atoms with van der Waals surface area (Å²) in [7, 11) is 0. The Balaban J connectivity index is 1.75. The molecule has 3 heterocycles. The molecule has 2 aliphatic rings. The molecule has 5 nitrogen and oxygen atoms in total. The molecule has 0 saturated carbocycles. The van der Waals surface area contributed by atoms with Crippen molar-refractivity contribution in [3.8, 4) is 0 Å². The molecule has 0 spiro atoms. The third-order valence-electron chi connectivity index (χ3n) is 4.19. The molecule has 0 aliphatic carbocycles. The molecular weight excluding hydrogens is 242 g/mol. The van der Waals surface area contributed by atoms with Gasteiger partial charge in [-0.3, -0.25) is 9.88 Å². The van der Waals surface area contributed by atoms with Gasteiger partial charge in [0.05, 0.1) is 17.4 Å². The van der Waals surface area contributed by atoms with Gasteiger partial charge in [-0.1, -0.05) is 0 Å². The fourth-order valence-electron chi connectivity index (χ4n) is 3.18. The largest absolute Gasteiger partial charge is 0.478 e. The highest BCUT2D eigenvalue weighted by Crippen LogP contribution is 2.27. The van der Waals surface area contributed by atoms with Crippen LogP contribution in [0.2, 0.25) is 0 Å². The summed E-state index contributed by atoms with van der Waals surface area (Å²) in [5.41, 5.74) is 1.12. The average Bonchev–Trinajstić information content (AvgIpc) is 3.09. The number of pyridine rings is 1. The van der Waals surface area contributed by atoms with Crippen LogP contribution in [0.5, 0.6) is 0 Å². The zero-order valence-electron chi connectivity index (χ0n) is 11.0. The second kappa shape index (κ2) is 5.17. The number of carboxylic acids is 1. The molecule has 102 valence electrons. The molecule has 5 heteroatoms. The van der Waals surface area contributed by atoms with E-state index < -0.39 is 5.97 Å². The predicted octanol–water partition coefficient (Wildman–Crippen LogP) is 1.45. The first-order valence-corrected chi connectivity index (χ1v) is 6.92. The SMILES string of the molecule is O=C(O)c1ccncc1N1CCC(N2CCCC2)C1. The number of rotatable bonds is 3. The van der Waals surface area contributed by atoms with Crippen molar-refractivity contribution >= 4 is 11.7 Å². The van der Waals surface area contributed by atoms with Gasteiger partial charge in [0.25, 0.3) is 0 Å². The third kappa shape index (κ3) is 2.42. The van der Waals surface area contributed by atoms with E-state index in [4.69, 9.17) is 0 Å². The topological polar surface area (TPSA) is 56.7 Å². The average molecular weight is 261 g/mol. The van der Waals surface area contributed by atoms with Gasteiger partial charge in [0, 0.05) is 25.3 Å². The van der Waals surface area contributed by atoms with E-state index in [1.807, 2.05) is 0 Å². The lowest BCUT2D eigenvalue weighted by Crippen LogP contribution is -2.35. The molecular formula is C14H19N3O2. The molecule has 1 aromatic rings. The maximum absolute atomic E-state index is 11.3. The first-order chi connectivity index (χ1) is 9.25. The van der Waals surface area contributed by atoms with Gasteiger partial charge in [-0.25, -0.2) is 4.79 Å². The Morgan fingerprint density at radius 1 is 1.32 bits per heavy atom. The van der Waals surface area contributed by atoms with E-state index in [0.29, 0.717) is 11.6 Å². The molecule has 2 fully saturated rings. The summed E-state index contributed by atoms with van der Waals surface area (Å²) >= 11 is 0. The lowest BCUT2D eigenvalue weighted by atomic mass is 10.2. The van der Waals surface area contributed by atoms with Crippen molar-refractivity contribution in [3.63, 3.8) is 0 Å². The second-order valence-electron chi connectivity index (χ2n) is 5.33. The van der Waals surface area contributed by atoms with Gasteiger partial charge in [0.2, 0.25) is 0 Å². The van der Waals surface area contributed by atoms with Crippen molar-refractivity contribution in [1.82, 2.24) is 9.88 Å². The molecule has 1 N–H and O–H groups in total. The molecule has 0 bridgehead atoms. The normalized spacial score (nSPS) is 24.0. The van der Waals surface area contributed by atoms with E-state index in [9.17, 15) is 9.90 Å². The number of anilines is 1. The first-order valence-electron chi connectivity index (χ1n) is 6.92. The van der Waals surface area contributed by atoms with E-state index in [2.05, 4.69) is 14.8 Å². The summed E-state index contributed by atoms with van der Waals surface area (Å²) in [6.07, 6.45) is 6.93. The van der Waals surface area contributed by atoms with Crippen LogP contribution in [0, 0.1) is 0 Å². The quantitative estimate of drug-likeness (QED) is 0.892. The highest BCUT2D eigenvalue weighted by molar-refractivity contribution is 5.94. The van der Waals surface area contributed by atoms with E-state index in [0.717, 1.165) is 25.2 Å². The van der Waals surface area contributed by atoms with Crippen molar-refractivity contribution in [2.24, 2.45) is 0 Å². The lowest BCUT2D eigenvalue weighted by molar-refractivity contribution is 0.0697. The van der Waals surface area contributed by atoms with Crippen LogP contribution < -0.4 is 4.90 Å². The number of aromatic carboxylic acids is 1. The van der Waals surface area contributed by atoms with E-state index in [-0.39, 0.29) is 0 Å². The van der Waals surface area contributed by atoms with Crippen molar-refractivity contribution in [2.45, 2.75) is 25.3 Å². The van der Waals surface area contributed by atoms with Gasteiger partial charge < -0.3 is 10.0 Å². The van der Waals surface area contributed by atoms with Crippen LogP contribution >= 0.6 is 0 Å². The standard InChI is InChI=1S/C14H19N3O2/c18-14(19)12-3-5-15-9-13(12)17-8-4-11(10-17)16-6-1-2-7-16/h3,5,9,11H,1-2,4,6-8,10H2,(H,18,19). The number of hydrogen-bond donors (Lipinski definition) is 1. The number of carboxylic acid groups (broad SMARTS) is 1. The minimum absolute atomic E-state index is 0.358. The summed E-state index contributed by atoms with van der Waals surface area (Å²) in [4.78, 5) is 20.0. The maximum atomic E-state index is 11.3. The molecule has 1 unspecified atom stereocenters. The zero-order chi connectivity index (χ0) is 13.2. The predicted molar refractivity (Wildman–Crippen MR) is 72.6 cm³/mol. The highest BCUT2D eigenvalue weighted by Gasteiger charge is 2.30. The van der Waals surface area contributed by atoms with E-state index in [1.165, 1.54) is 25.9 Å². The van der Waals surface area contributed by atoms with Crippen molar-refractivity contribution < 1.29 is 9.90 Å². The minimum Gasteiger partial charge on any atom is -0.478 e. The third-order valence-corrected chi connectivity index (χ3v) is 4.19. The van der Waals surface area contributed by atoms with Gasteiger partial charge in [-0.2, -0.15) is 0 Å². The summed E-state index contributed by atoms with van der Waals surface area (Å²) in [5.74, 6) is -0.873. The molecule has 19 heavy (non-hydrogen) atoms. The summed E-state index contributed by atoms with van der Waals surface area (Å²) in [5, 5.41) is 9.24. The highest BCUT2D eigenvalue weighted by atomic mass is 16.4. The van der Waals surface area contributed by atoms with Gasteiger partial charge in [0.1, 0.15) is 0 Å². The molecule has 2 saturated heterocycles. The smallest absolute Gasteiger partial charge is 0.337 e. The number of nitrogens with zero attached hydrogens (tertiary/aromatic N) is 3. The molecule has 1 atom stereocenters. The van der Waals surface area contributed by atoms with E-state index in [1.54, 1.807) is 18.5 Å². The van der Waals surface area contributed by atoms with Gasteiger partial charge in [-0.15, -0.1) is 0 Å². The fourth-order valence-corrected chi connectivity index (χ4v) is 3.18. The monoisotopic (exact) mass is 261 g/mol. The van der Waals surface area contributed by atoms with Crippen LogP contribution in [0.4, 0.5) is 5.69 Å². The van der Waals surface area contributed by atoms with Crippen LogP contribution in [-0.4, -0.2) is 53.2 Å². The number of aromatic nitrogens is 1. The van der Waals surface area contributed by atoms with Crippen LogP contribution in [0.25, 0.3) is 0 Å². The minimum atomic E-state index is -0.873. The number of hydrogen-bond acceptors (Lipinski definition) is 4. The molecule has 0 amide bonds. The Morgan fingerprint density at radius 3 is 2.84 bits per heavy atom. The Hall–Kier alpha value is -1.62. The molecule has 3 rings (SSSR count). The Labute approximate surface area is 112 Å². The maximum Gasteiger partial charge on any atom is 0.337 e. The number of likely N-dealkylation sites (tertiary alicyclic amines) is 1. The Morgan fingerprint density at radius 2 is 2.11 bits per heavy atom. The second-order valence-corrected chi connectivity index (χ2v) is 5.33. The molecule has 0 aromatic carbocycles. The molecule has 0 radical (unpaired) electrons. The van der Waals surface area contributed by atoms with Crippen LogP contribution in [-0.2, 0) is 0 Å². The summed E-state index contributed by atoms with van der Waals surface area (Å²) < 4.78 is 0. The molecule has 1 aromatic heterocycles. The van der Waals surface area contributed by atoms with Gasteiger partial charge >= 0.3 is 5.97 Å². The van der Waals surface area contributed by atoms with Crippen molar-refractivity contribution in [2.75, 3.05) is 31.1 Å². The molecule has 2 aliphatic heterocycles. The first kappa shape index (κ1) is 12.4. The summed E-state index contributed by atoms with van der Waals surface area (Å²) in [6.45, 7) is 4.23. The van der Waals surface area contributed by atoms with Crippen LogP contribution in [0.1, 0.15) is 29.6 Å². The fraction of sp³-hybridized carbons (Fsp3) is 0.571. The number of carbonyl (C=O) groups is 1. The van der Waals surface area contributed by atoms with Crippen LogP contribution in [0.3, 0.4) is 0 Å². The Kier molecular flexibility index (Phi) is 3.38. The lowest BCUT2D eigenvalue weighted by Gasteiger charge is -2.24. The van der Waals surface area contributed by atoms with E-state index >= 15 is 0 Å². The van der Waals surface area contributed by atoms with Crippen molar-refractivity contribution in [3.05, 3.63) is 24.0 Å². The summed E-state index contributed by atoms with van der Waals surface area (Å²) in [6, 6.07) is 2.16. The Bertz CT molecular complexity index is 472. The van der Waals surface area contributed by atoms with Crippen molar-refractivity contribution in [1.29, 1.82) is 0 Å². The zero-order valence-corrected chi connectivity index (χ0v) is 11.0. The van der Waals surface area contributed by atoms with Gasteiger partial charge in [-0.05, 0) is 38.4 Å². The van der Waals surface area contributed by atoms with Crippen LogP contribution in [0.15, 0.2) is 18.5 Å². The van der Waals surface area contributed by atoms with Gasteiger partial charge in [0.15, 0.2) is 0 Å².